The van der Waals surface area contributed by atoms with Gasteiger partial charge in [-0.25, -0.2) is 0 Å². The van der Waals surface area contributed by atoms with Crippen molar-refractivity contribution in [1.82, 2.24) is 116 Å². The third kappa shape index (κ3) is 39.7. The van der Waals surface area contributed by atoms with Gasteiger partial charge in [-0.2, -0.15) is 0 Å². The first-order chi connectivity index (χ1) is 69.6. The number of aliphatic hydroxyl groups is 1. The van der Waals surface area contributed by atoms with E-state index in [9.17, 15) is 115 Å². The maximum atomic E-state index is 14.8. The van der Waals surface area contributed by atoms with Crippen molar-refractivity contribution in [1.29, 1.82) is 0 Å². The summed E-state index contributed by atoms with van der Waals surface area (Å²) in [7, 11) is 3.40. The SMILES string of the molecule is C/C=C(/NC(=O)[C@H](CO)NC(=O)CNC(=O)[C@H](CCC(N)=O)NC(=O)[C@@H](NC(=O)[C@@H](NC(=O)[C@H](Cc1ccccc1)NC(=O)[C@H](CCC(N)=O)NC(=O)[C@H](C)NC(=O)[C@@H](NC(=O)/C(=C\C)NC(=O)[C@@H]1CCCN1C(=O)/C(=C\C)NC(=O)[C@H](C)NC(=O)[C@@H]1CCCN1C(=O)/C(=C\C)NC(=O)[C@H](C)N(C)C)C(C)C)C(C)C)[C@H](C)CC)C(=O)N[C@H](C(=O)N[C@H]1CS/C=C\NC(=O)[C@H](C(C)C)NC(=O)[C@H](CC(C)C)NC1=O)[C@H](C)CC. The number of thioether (sulfide) groups is 1. The number of amides is 23. The summed E-state index contributed by atoms with van der Waals surface area (Å²) in [4.78, 5) is 323. The van der Waals surface area contributed by atoms with Gasteiger partial charge in [-0.3, -0.25) is 115 Å². The predicted molar refractivity (Wildman–Crippen MR) is 546 cm³/mol. The van der Waals surface area contributed by atoms with Crippen molar-refractivity contribution in [3.05, 3.63) is 94.6 Å². The molecule has 0 radical (unpaired) electrons. The highest BCUT2D eigenvalue weighted by Crippen LogP contribution is 2.25. The molecule has 48 nitrogen and oxygen atoms in total. The predicted octanol–water partition coefficient (Wildman–Crippen LogP) is -3.34. The molecule has 18 atom stereocenters. The number of likely N-dealkylation sites (N-methyl/N-ethyl adjacent to an activating group) is 1. The first-order valence-corrected chi connectivity index (χ1v) is 50.9. The molecular weight excluding hydrogens is 1940 g/mol. The molecule has 24 N–H and O–H groups in total. The van der Waals surface area contributed by atoms with Crippen LogP contribution in [0, 0.1) is 35.5 Å². The van der Waals surface area contributed by atoms with Gasteiger partial charge in [0.15, 0.2) is 0 Å². The summed E-state index contributed by atoms with van der Waals surface area (Å²) in [6, 6.07) is -13.2. The average molecular weight is 2100 g/mol. The lowest BCUT2D eigenvalue weighted by atomic mass is 9.95. The summed E-state index contributed by atoms with van der Waals surface area (Å²) in [5, 5.41) is 60.4. The third-order valence-electron chi connectivity index (χ3n) is 25.2. The van der Waals surface area contributed by atoms with Crippen LogP contribution in [0.2, 0.25) is 0 Å². The van der Waals surface area contributed by atoms with E-state index in [0.717, 1.165) is 17.8 Å². The zero-order chi connectivity index (χ0) is 112. The highest BCUT2D eigenvalue weighted by atomic mass is 32.2. The lowest BCUT2D eigenvalue weighted by molar-refractivity contribution is -0.138. The fourth-order valence-electron chi connectivity index (χ4n) is 15.5. The largest absolute Gasteiger partial charge is 0.394 e. The molecule has 148 heavy (non-hydrogen) atoms. The van der Waals surface area contributed by atoms with Crippen molar-refractivity contribution in [3.8, 4) is 0 Å². The molecule has 4 rings (SSSR count). The Balaban J connectivity index is 1.45. The van der Waals surface area contributed by atoms with Crippen molar-refractivity contribution in [2.45, 2.75) is 305 Å². The van der Waals surface area contributed by atoms with Crippen LogP contribution in [-0.4, -0.2) is 298 Å². The van der Waals surface area contributed by atoms with E-state index in [1.807, 2.05) is 13.8 Å². The van der Waals surface area contributed by atoms with E-state index in [-0.39, 0.29) is 79.9 Å². The fraction of sp³-hybridized carbons (Fsp3) is 0.606. The second-order valence-corrected chi connectivity index (χ2v) is 39.3. The van der Waals surface area contributed by atoms with Crippen LogP contribution in [0.25, 0.3) is 0 Å². The number of nitrogens with zero attached hydrogens (tertiary/aromatic N) is 3. The first-order valence-electron chi connectivity index (χ1n) is 49.8. The van der Waals surface area contributed by atoms with Crippen molar-refractivity contribution in [2.75, 3.05) is 46.1 Å². The number of rotatable bonds is 53. The van der Waals surface area contributed by atoms with E-state index in [4.69, 9.17) is 11.5 Å². The number of nitrogens with one attached hydrogen (secondary N) is 19. The normalized spacial score (nSPS) is 19.3. The molecule has 3 aliphatic rings. The molecule has 0 aromatic heterocycles. The van der Waals surface area contributed by atoms with E-state index >= 15 is 0 Å². The van der Waals surface area contributed by atoms with Gasteiger partial charge in [0, 0.05) is 44.3 Å². The number of carbonyl (C=O) groups is 23. The molecule has 0 unspecified atom stereocenters. The smallest absolute Gasteiger partial charge is 0.270 e. The lowest BCUT2D eigenvalue weighted by Gasteiger charge is -2.30. The van der Waals surface area contributed by atoms with E-state index in [0.29, 0.717) is 24.8 Å². The molecule has 0 saturated carbocycles. The minimum absolute atomic E-state index is 0.0255. The van der Waals surface area contributed by atoms with E-state index < -0.39 is 301 Å². The van der Waals surface area contributed by atoms with Gasteiger partial charge in [0.25, 0.3) is 23.6 Å². The molecule has 0 spiro atoms. The summed E-state index contributed by atoms with van der Waals surface area (Å²) in [5.41, 5.74) is 10.4. The second kappa shape index (κ2) is 62.2. The highest BCUT2D eigenvalue weighted by molar-refractivity contribution is 8.02. The molecule has 3 heterocycles. The minimum atomic E-state index is -1.81. The fourth-order valence-corrected chi connectivity index (χ4v) is 16.2. The van der Waals surface area contributed by atoms with Gasteiger partial charge in [-0.15, -0.1) is 11.8 Å². The Morgan fingerprint density at radius 2 is 0.939 bits per heavy atom. The monoisotopic (exact) mass is 2100 g/mol. The van der Waals surface area contributed by atoms with Crippen LogP contribution in [0.5, 0.6) is 0 Å². The van der Waals surface area contributed by atoms with Crippen LogP contribution < -0.4 is 112 Å². The van der Waals surface area contributed by atoms with Crippen molar-refractivity contribution in [3.63, 3.8) is 0 Å². The Labute approximate surface area is 867 Å². The van der Waals surface area contributed by atoms with Crippen molar-refractivity contribution >= 4 is 148 Å². The maximum Gasteiger partial charge on any atom is 0.270 e. The second-order valence-electron chi connectivity index (χ2n) is 38.3. The Morgan fingerprint density at radius 1 is 0.480 bits per heavy atom. The number of allylic oxidation sites excluding steroid dienone is 4. The number of primary amides is 2. The van der Waals surface area contributed by atoms with Crippen LogP contribution in [0.1, 0.15) is 208 Å². The molecule has 1 aromatic rings. The van der Waals surface area contributed by atoms with Gasteiger partial charge < -0.3 is 127 Å². The molecule has 2 fully saturated rings. The molecular formula is C99H154N24O24S. The number of hydrogen-bond donors (Lipinski definition) is 22. The maximum absolute atomic E-state index is 14.8. The summed E-state index contributed by atoms with van der Waals surface area (Å²) < 4.78 is 0. The van der Waals surface area contributed by atoms with Crippen LogP contribution in [0.15, 0.2) is 89.0 Å². The van der Waals surface area contributed by atoms with Gasteiger partial charge in [-0.1, -0.05) is 151 Å². The number of likely N-dealkylation sites (tertiary alicyclic amines) is 2. The van der Waals surface area contributed by atoms with Crippen LogP contribution in [0.4, 0.5) is 0 Å². The summed E-state index contributed by atoms with van der Waals surface area (Å²) >= 11 is 1.06. The molecule has 23 amide bonds. The standard InChI is InChI=1S/C99H154N24O24S/c1-22-54(15)78(97(145)115-69-49-148-44-41-102-93(141)75(51(9)10)116-87(135)66(45-50(7)8)113-90(69)138)119-85(133)60(24-3)107-89(137)68(48-124)106-74(127)47-103-83(131)64(37-39-72(100)125)112-96(144)79(55(16)23-2)120-95(143)77(53(13)14)118-88(136)67(46-59-33-29-28-30-34-59)114-86(134)65(38-40-73(101)126)111-81(129)57(18)105-94(142)76(52(11)12)117-84(132)61(25-4)108-92(140)71-36-32-43-123(71)98(146)62(26-5)109-80(128)56(17)104-91(139)70-35-31-42-122(70)99(147)63(27-6)110-82(130)58(19)121(20)21/h24-30,33-34,41,44,50-58,64-71,75-79,124H,22-23,31-32,35-40,42-43,45-49H2,1-21H3,(H2,100,125)(H2,101,126)(H,102,141)(H,103,131)(H,104,139)(H,105,142)(H,106,127)(H,107,137)(H,108,140)(H,109,128)(H,110,130)(H,111,129)(H,112,144)(H,113,138)(H,114,134)(H,115,145)(H,116,135)(H,117,132)(H,118,136)(H,119,133)(H,120,143)/b44-41-,60-24+,61-25+,62-26+,63-27+/t54-,55-,56+,57+,58+,64+,65+,66+,67+,68+,69+,70+,71+,75+,76+,77+,78+,79+/m1/s1. The summed E-state index contributed by atoms with van der Waals surface area (Å²) in [6.45, 7) is 28.3. The molecule has 3 aliphatic heterocycles. The van der Waals surface area contributed by atoms with Crippen molar-refractivity contribution in [2.24, 2.45) is 47.0 Å². The molecule has 820 valence electrons. The van der Waals surface area contributed by atoms with Crippen LogP contribution in [0.3, 0.4) is 0 Å². The quantitative estimate of drug-likeness (QED) is 0.0284. The highest BCUT2D eigenvalue weighted by Gasteiger charge is 2.44. The van der Waals surface area contributed by atoms with Crippen LogP contribution in [-0.2, 0) is 117 Å². The third-order valence-corrected chi connectivity index (χ3v) is 26.0. The first kappa shape index (κ1) is 126. The number of aliphatic hydroxyl groups excluding tert-OH is 1. The molecule has 49 heteroatoms. The number of hydrogen-bond acceptors (Lipinski definition) is 26. The van der Waals surface area contributed by atoms with Gasteiger partial charge in [0.1, 0.15) is 113 Å². The topological polar surface area (TPSA) is 703 Å². The van der Waals surface area contributed by atoms with Crippen molar-refractivity contribution < 1.29 is 115 Å². The zero-order valence-corrected chi connectivity index (χ0v) is 89.1. The van der Waals surface area contributed by atoms with Gasteiger partial charge in [-0.05, 0) is 154 Å². The Morgan fingerprint density at radius 3 is 1.45 bits per heavy atom. The van der Waals surface area contributed by atoms with E-state index in [2.05, 4.69) is 101 Å². The Kier molecular flexibility index (Phi) is 53.1. The van der Waals surface area contributed by atoms with Crippen LogP contribution >= 0.6 is 11.8 Å². The number of carbonyl (C=O) groups excluding carboxylic acids is 23. The molecule has 2 saturated heterocycles. The zero-order valence-electron chi connectivity index (χ0n) is 88.3. The summed E-state index contributed by atoms with van der Waals surface area (Å²) in [5.74, 6) is -23.3. The molecule has 0 aliphatic carbocycles. The average Bonchev–Trinajstić information content (AvgIpc) is 1.66. The number of nitrogens with two attached hydrogens (primary N) is 2. The van der Waals surface area contributed by atoms with E-state index in [1.165, 1.54) is 74.3 Å². The minimum Gasteiger partial charge on any atom is -0.394 e. The summed E-state index contributed by atoms with van der Waals surface area (Å²) in [6.07, 6.45) is 6.05. The van der Waals surface area contributed by atoms with Gasteiger partial charge in [0.05, 0.1) is 19.2 Å². The Bertz CT molecular complexity index is 5080. The molecule has 1 aromatic carbocycles. The van der Waals surface area contributed by atoms with E-state index in [1.54, 1.807) is 132 Å². The molecule has 0 bridgehead atoms. The van der Waals surface area contributed by atoms with Gasteiger partial charge in [0.2, 0.25) is 112 Å². The van der Waals surface area contributed by atoms with Gasteiger partial charge >= 0.3 is 0 Å². The Hall–Kier alpha value is -14.0. The lowest BCUT2D eigenvalue weighted by Crippen LogP contribution is -2.62. The number of benzene rings is 1.